The summed E-state index contributed by atoms with van der Waals surface area (Å²) in [6.45, 7) is 8.58. The first-order valence-corrected chi connectivity index (χ1v) is 16.6. The van der Waals surface area contributed by atoms with Crippen LogP contribution >= 0.6 is 0 Å². The Hall–Kier alpha value is -3.43. The van der Waals surface area contributed by atoms with Gasteiger partial charge in [0.1, 0.15) is 12.1 Å². The summed E-state index contributed by atoms with van der Waals surface area (Å²) in [4.78, 5) is 37.4. The van der Waals surface area contributed by atoms with Gasteiger partial charge in [0.25, 0.3) is 11.8 Å². The summed E-state index contributed by atoms with van der Waals surface area (Å²) in [5, 5.41) is 18.7. The van der Waals surface area contributed by atoms with E-state index >= 15 is 0 Å². The van der Waals surface area contributed by atoms with Crippen molar-refractivity contribution in [3.63, 3.8) is 0 Å². The Morgan fingerprint density at radius 3 is 1.62 bits per heavy atom. The molecule has 2 rings (SSSR count). The van der Waals surface area contributed by atoms with E-state index in [1.165, 1.54) is 0 Å². The maximum Gasteiger partial charge on any atom is 0.251 e. The Bertz CT molecular complexity index is 1140. The number of carbonyl (C=O) groups excluding carboxylic acids is 3. The fourth-order valence-electron chi connectivity index (χ4n) is 4.43. The zero-order valence-corrected chi connectivity index (χ0v) is 28.3. The lowest BCUT2D eigenvalue weighted by atomic mass is 10.00. The van der Waals surface area contributed by atoms with Crippen LogP contribution in [0.4, 0.5) is 0 Å². The third kappa shape index (κ3) is 18.8. The van der Waals surface area contributed by atoms with E-state index in [2.05, 4.69) is 16.0 Å². The van der Waals surface area contributed by atoms with Crippen molar-refractivity contribution in [2.24, 2.45) is 11.7 Å². The van der Waals surface area contributed by atoms with Crippen molar-refractivity contribution < 1.29 is 43.2 Å². The zero-order valence-electron chi connectivity index (χ0n) is 28.3. The van der Waals surface area contributed by atoms with Gasteiger partial charge in [-0.05, 0) is 36.5 Å². The summed E-state index contributed by atoms with van der Waals surface area (Å²) in [5.74, 6) is -1.01. The monoisotopic (exact) mass is 674 g/mol. The highest BCUT2D eigenvalue weighted by atomic mass is 16.6. The average Bonchev–Trinajstić information content (AvgIpc) is 3.08. The molecular formula is C35H54N4O9. The molecule has 2 aromatic carbocycles. The molecule has 0 aliphatic rings. The van der Waals surface area contributed by atoms with Crippen LogP contribution in [0.3, 0.4) is 0 Å². The second-order valence-corrected chi connectivity index (χ2v) is 11.5. The number of aliphatic hydroxyl groups is 1. The van der Waals surface area contributed by atoms with Gasteiger partial charge in [0, 0.05) is 24.7 Å². The second kappa shape index (κ2) is 25.6. The van der Waals surface area contributed by atoms with E-state index < -0.39 is 24.1 Å². The molecule has 0 saturated carbocycles. The Morgan fingerprint density at radius 2 is 1.12 bits per heavy atom. The van der Waals surface area contributed by atoms with Crippen molar-refractivity contribution in [2.45, 2.75) is 44.9 Å². The third-order valence-corrected chi connectivity index (χ3v) is 6.93. The minimum atomic E-state index is -1.45. The van der Waals surface area contributed by atoms with Crippen molar-refractivity contribution in [2.75, 3.05) is 79.2 Å². The molecule has 0 heterocycles. The standard InChI is InChI=1S/C35H54N4O9/c1-27(2)25-31(39-35(43)32(40)30(36)26-28-9-5-3-6-10-28)34(42)38-14-16-45-18-20-47-22-24-48-23-21-46-19-17-44-15-13-37-33(41)29-11-7-4-8-12-29/h3-12,27,30-32,40H,13-26,36H2,1-2H3,(H,37,41)(H,38,42)(H,39,43)/t30-,31+,32+/m1/s1. The first-order valence-electron chi connectivity index (χ1n) is 16.6. The van der Waals surface area contributed by atoms with Gasteiger partial charge >= 0.3 is 0 Å². The molecule has 0 bridgehead atoms. The first kappa shape index (κ1) is 40.7. The van der Waals surface area contributed by atoms with Crippen LogP contribution in [0.15, 0.2) is 60.7 Å². The number of rotatable bonds is 27. The van der Waals surface area contributed by atoms with Gasteiger partial charge in [-0.3, -0.25) is 14.4 Å². The van der Waals surface area contributed by atoms with Crippen molar-refractivity contribution in [3.05, 3.63) is 71.8 Å². The molecule has 268 valence electrons. The van der Waals surface area contributed by atoms with Crippen LogP contribution in [0.2, 0.25) is 0 Å². The lowest BCUT2D eigenvalue weighted by Crippen LogP contribution is -2.54. The highest BCUT2D eigenvalue weighted by molar-refractivity contribution is 5.94. The molecular weight excluding hydrogens is 620 g/mol. The third-order valence-electron chi connectivity index (χ3n) is 6.93. The molecule has 13 heteroatoms. The molecule has 2 aromatic rings. The molecule has 0 unspecified atom stereocenters. The smallest absolute Gasteiger partial charge is 0.251 e. The van der Waals surface area contributed by atoms with Crippen LogP contribution in [-0.4, -0.2) is 120 Å². The van der Waals surface area contributed by atoms with Gasteiger partial charge in [-0.25, -0.2) is 0 Å². The number of carbonyl (C=O) groups is 3. The van der Waals surface area contributed by atoms with E-state index in [4.69, 9.17) is 29.4 Å². The largest absolute Gasteiger partial charge is 0.382 e. The van der Waals surface area contributed by atoms with Gasteiger partial charge < -0.3 is 50.5 Å². The fourth-order valence-corrected chi connectivity index (χ4v) is 4.43. The highest BCUT2D eigenvalue weighted by Crippen LogP contribution is 2.08. The van der Waals surface area contributed by atoms with Gasteiger partial charge in [0.05, 0.1) is 66.1 Å². The van der Waals surface area contributed by atoms with Crippen LogP contribution in [0.1, 0.15) is 36.2 Å². The van der Waals surface area contributed by atoms with E-state index in [9.17, 15) is 19.5 Å². The van der Waals surface area contributed by atoms with Gasteiger partial charge in [-0.1, -0.05) is 62.4 Å². The molecule has 0 spiro atoms. The van der Waals surface area contributed by atoms with Gasteiger partial charge in [-0.15, -0.1) is 0 Å². The van der Waals surface area contributed by atoms with Crippen molar-refractivity contribution >= 4 is 17.7 Å². The van der Waals surface area contributed by atoms with E-state index in [0.29, 0.717) is 84.4 Å². The van der Waals surface area contributed by atoms with Crippen LogP contribution in [0.5, 0.6) is 0 Å². The van der Waals surface area contributed by atoms with Crippen LogP contribution < -0.4 is 21.7 Å². The number of aliphatic hydroxyl groups excluding tert-OH is 1. The van der Waals surface area contributed by atoms with Gasteiger partial charge in [0.15, 0.2) is 0 Å². The lowest BCUT2D eigenvalue weighted by Gasteiger charge is -2.24. The van der Waals surface area contributed by atoms with E-state index in [-0.39, 0.29) is 30.9 Å². The Morgan fingerprint density at radius 1 is 0.667 bits per heavy atom. The molecule has 0 saturated heterocycles. The van der Waals surface area contributed by atoms with E-state index in [0.717, 1.165) is 5.56 Å². The summed E-state index contributed by atoms with van der Waals surface area (Å²) < 4.78 is 27.4. The molecule has 13 nitrogen and oxygen atoms in total. The molecule has 48 heavy (non-hydrogen) atoms. The quantitative estimate of drug-likeness (QED) is 0.0861. The molecule has 6 N–H and O–H groups in total. The summed E-state index contributed by atoms with van der Waals surface area (Å²) in [6.07, 6.45) is -0.704. The number of benzene rings is 2. The van der Waals surface area contributed by atoms with Crippen molar-refractivity contribution in [1.29, 1.82) is 0 Å². The van der Waals surface area contributed by atoms with Crippen LogP contribution in [0, 0.1) is 5.92 Å². The molecule has 0 aliphatic carbocycles. The minimum absolute atomic E-state index is 0.125. The molecule has 3 atom stereocenters. The highest BCUT2D eigenvalue weighted by Gasteiger charge is 2.28. The summed E-state index contributed by atoms with van der Waals surface area (Å²) in [5.41, 5.74) is 7.60. The van der Waals surface area contributed by atoms with E-state index in [1.54, 1.807) is 12.1 Å². The molecule has 3 amide bonds. The Kier molecular flexibility index (Phi) is 21.7. The van der Waals surface area contributed by atoms with Gasteiger partial charge in [0.2, 0.25) is 5.91 Å². The number of hydrogen-bond acceptors (Lipinski definition) is 10. The summed E-state index contributed by atoms with van der Waals surface area (Å²) in [6, 6.07) is 16.8. The lowest BCUT2D eigenvalue weighted by molar-refractivity contribution is -0.135. The number of ether oxygens (including phenoxy) is 5. The Balaban J connectivity index is 1.41. The predicted molar refractivity (Wildman–Crippen MR) is 181 cm³/mol. The van der Waals surface area contributed by atoms with Crippen molar-refractivity contribution in [3.8, 4) is 0 Å². The molecule has 0 fully saturated rings. The topological polar surface area (TPSA) is 180 Å². The number of hydrogen-bond donors (Lipinski definition) is 5. The number of nitrogens with two attached hydrogens (primary N) is 1. The first-order chi connectivity index (χ1) is 23.3. The SMILES string of the molecule is CC(C)C[C@H](NC(=O)[C@@H](O)[C@H](N)Cc1ccccc1)C(=O)NCCOCCOCCOCCOCCOCCNC(=O)c1ccccc1. The molecule has 0 aromatic heterocycles. The normalized spacial score (nSPS) is 13.1. The van der Waals surface area contributed by atoms with E-state index in [1.807, 2.05) is 62.4 Å². The predicted octanol–water partition coefficient (Wildman–Crippen LogP) is 1.08. The average molecular weight is 675 g/mol. The fraction of sp³-hybridized carbons (Fsp3) is 0.571. The zero-order chi connectivity index (χ0) is 34.8. The molecule has 0 radical (unpaired) electrons. The van der Waals surface area contributed by atoms with Gasteiger partial charge in [-0.2, -0.15) is 0 Å². The second-order valence-electron chi connectivity index (χ2n) is 11.5. The van der Waals surface area contributed by atoms with Crippen LogP contribution in [-0.2, 0) is 39.7 Å². The summed E-state index contributed by atoms with van der Waals surface area (Å²) >= 11 is 0. The van der Waals surface area contributed by atoms with Crippen molar-refractivity contribution in [1.82, 2.24) is 16.0 Å². The number of nitrogens with one attached hydrogen (secondary N) is 3. The minimum Gasteiger partial charge on any atom is -0.382 e. The maximum absolute atomic E-state index is 12.8. The van der Waals surface area contributed by atoms with Crippen LogP contribution in [0.25, 0.3) is 0 Å². The maximum atomic E-state index is 12.8. The molecule has 0 aliphatic heterocycles. The Labute approximate surface area is 284 Å². The summed E-state index contributed by atoms with van der Waals surface area (Å²) in [7, 11) is 0. The number of amides is 3.